The fourth-order valence-electron chi connectivity index (χ4n) is 3.56. The molecule has 1 aliphatic carbocycles. The summed E-state index contributed by atoms with van der Waals surface area (Å²) < 4.78 is 48.7. The normalized spacial score (nSPS) is 18.5. The van der Waals surface area contributed by atoms with Gasteiger partial charge in [-0.15, -0.1) is 0 Å². The Hall–Kier alpha value is -2.80. The van der Waals surface area contributed by atoms with Crippen LogP contribution in [0, 0.1) is 0 Å². The average Bonchev–Trinajstić information content (AvgIpc) is 3.15. The van der Waals surface area contributed by atoms with Gasteiger partial charge in [0.2, 0.25) is 5.60 Å². The van der Waals surface area contributed by atoms with Crippen LogP contribution in [0.15, 0.2) is 48.8 Å². The summed E-state index contributed by atoms with van der Waals surface area (Å²) in [4.78, 5) is 0. The highest BCUT2D eigenvalue weighted by Crippen LogP contribution is 2.57. The molecule has 0 aliphatic heterocycles. The number of benzene rings is 2. The zero-order chi connectivity index (χ0) is 18.7. The van der Waals surface area contributed by atoms with Crippen molar-refractivity contribution in [3.8, 4) is 28.0 Å². The minimum absolute atomic E-state index is 0.180. The maximum atomic E-state index is 14.0. The van der Waals surface area contributed by atoms with Crippen LogP contribution in [0.5, 0.6) is 5.75 Å². The Labute approximate surface area is 147 Å². The van der Waals surface area contributed by atoms with E-state index in [1.807, 2.05) is 0 Å². The number of halogens is 3. The molecule has 0 amide bonds. The molecule has 0 bridgehead atoms. The van der Waals surface area contributed by atoms with E-state index >= 15 is 0 Å². The summed E-state index contributed by atoms with van der Waals surface area (Å²) in [6.45, 7) is 0. The number of hydrogen-bond donors (Lipinski definition) is 1. The first-order chi connectivity index (χ1) is 12.3. The lowest BCUT2D eigenvalue weighted by Crippen LogP contribution is -2.41. The van der Waals surface area contributed by atoms with Gasteiger partial charge in [0.25, 0.3) is 0 Å². The number of alkyl halides is 3. The van der Waals surface area contributed by atoms with E-state index in [1.165, 1.54) is 25.3 Å². The highest BCUT2D eigenvalue weighted by molar-refractivity contribution is 5.93. The van der Waals surface area contributed by atoms with Gasteiger partial charge in [-0.3, -0.25) is 4.68 Å². The predicted molar refractivity (Wildman–Crippen MR) is 89.7 cm³/mol. The molecule has 4 rings (SSSR count). The zero-order valence-electron chi connectivity index (χ0n) is 14.0. The Balaban J connectivity index is 2.14. The van der Waals surface area contributed by atoms with E-state index in [-0.39, 0.29) is 16.9 Å². The van der Waals surface area contributed by atoms with Crippen molar-refractivity contribution in [1.29, 1.82) is 0 Å². The average molecular weight is 360 g/mol. The minimum Gasteiger partial charge on any atom is -0.497 e. The highest BCUT2D eigenvalue weighted by Gasteiger charge is 2.61. The molecule has 0 fully saturated rings. The molecule has 0 radical (unpaired) electrons. The Morgan fingerprint density at radius 1 is 1.12 bits per heavy atom. The van der Waals surface area contributed by atoms with Gasteiger partial charge < -0.3 is 9.84 Å². The van der Waals surface area contributed by atoms with Crippen LogP contribution in [0.3, 0.4) is 0 Å². The molecule has 0 saturated heterocycles. The van der Waals surface area contributed by atoms with Crippen LogP contribution in [0.1, 0.15) is 11.1 Å². The van der Waals surface area contributed by atoms with Crippen LogP contribution >= 0.6 is 0 Å². The summed E-state index contributed by atoms with van der Waals surface area (Å²) in [5, 5.41) is 14.9. The highest BCUT2D eigenvalue weighted by atomic mass is 19.4. The van der Waals surface area contributed by atoms with E-state index in [0.29, 0.717) is 22.3 Å². The molecule has 2 aromatic carbocycles. The van der Waals surface area contributed by atoms with Crippen LogP contribution in [0.25, 0.3) is 22.3 Å². The Bertz CT molecular complexity index is 1010. The molecule has 1 aromatic heterocycles. The molecular formula is C19H15F3N2O2. The van der Waals surface area contributed by atoms with E-state index in [1.54, 1.807) is 42.3 Å². The first-order valence-electron chi connectivity index (χ1n) is 7.88. The second-order valence-electron chi connectivity index (χ2n) is 6.25. The van der Waals surface area contributed by atoms with Crippen molar-refractivity contribution in [2.24, 2.45) is 7.05 Å². The summed E-state index contributed by atoms with van der Waals surface area (Å²) in [7, 11) is 3.10. The standard InChI is InChI=1S/C19H15F3N2O2/c1-24-10-11(9-23-24)14-7-12(26-2)8-16-17(14)13-5-3-4-6-15(13)18(16,25)19(20,21)22/h3-10,25H,1-2H3. The molecular weight excluding hydrogens is 345 g/mol. The predicted octanol–water partition coefficient (Wildman–Crippen LogP) is 3.87. The number of hydrogen-bond acceptors (Lipinski definition) is 3. The van der Waals surface area contributed by atoms with Crippen molar-refractivity contribution < 1.29 is 23.0 Å². The lowest BCUT2D eigenvalue weighted by atomic mass is 9.89. The van der Waals surface area contributed by atoms with E-state index in [0.717, 1.165) is 0 Å². The van der Waals surface area contributed by atoms with Gasteiger partial charge in [0, 0.05) is 29.9 Å². The van der Waals surface area contributed by atoms with E-state index in [9.17, 15) is 18.3 Å². The summed E-state index contributed by atoms with van der Waals surface area (Å²) in [6, 6.07) is 8.95. The Morgan fingerprint density at radius 2 is 1.85 bits per heavy atom. The second kappa shape index (κ2) is 5.35. The first kappa shape index (κ1) is 16.7. The largest absolute Gasteiger partial charge is 0.497 e. The molecule has 1 unspecified atom stereocenters. The fourth-order valence-corrected chi connectivity index (χ4v) is 3.56. The van der Waals surface area contributed by atoms with E-state index < -0.39 is 11.8 Å². The van der Waals surface area contributed by atoms with Crippen molar-refractivity contribution in [2.45, 2.75) is 11.8 Å². The molecule has 1 heterocycles. The number of aromatic nitrogens is 2. The molecule has 1 aliphatic rings. The summed E-state index contributed by atoms with van der Waals surface area (Å²) in [6.07, 6.45) is -1.60. The molecule has 1 N–H and O–H groups in total. The van der Waals surface area contributed by atoms with Gasteiger partial charge in [0.1, 0.15) is 5.75 Å². The molecule has 4 nitrogen and oxygen atoms in total. The molecule has 3 aromatic rings. The molecule has 0 saturated carbocycles. The first-order valence-corrected chi connectivity index (χ1v) is 7.88. The van der Waals surface area contributed by atoms with Crippen LogP contribution in [0.4, 0.5) is 13.2 Å². The van der Waals surface area contributed by atoms with Gasteiger partial charge in [0.05, 0.1) is 13.3 Å². The third-order valence-corrected chi connectivity index (χ3v) is 4.75. The van der Waals surface area contributed by atoms with Crippen molar-refractivity contribution in [3.63, 3.8) is 0 Å². The third kappa shape index (κ3) is 2.10. The van der Waals surface area contributed by atoms with Crippen molar-refractivity contribution in [2.75, 3.05) is 7.11 Å². The van der Waals surface area contributed by atoms with Gasteiger partial charge in [-0.2, -0.15) is 18.3 Å². The van der Waals surface area contributed by atoms with Gasteiger partial charge in [-0.25, -0.2) is 0 Å². The van der Waals surface area contributed by atoms with Crippen LogP contribution in [-0.2, 0) is 12.6 Å². The number of nitrogens with zero attached hydrogens (tertiary/aromatic N) is 2. The maximum Gasteiger partial charge on any atom is 0.425 e. The van der Waals surface area contributed by atoms with E-state index in [4.69, 9.17) is 4.74 Å². The SMILES string of the molecule is COc1cc(-c2cnn(C)c2)c2c(c1)C(O)(C(F)(F)F)c1ccccc1-2. The van der Waals surface area contributed by atoms with Crippen LogP contribution in [-0.4, -0.2) is 28.2 Å². The summed E-state index contributed by atoms with van der Waals surface area (Å²) in [5.74, 6) is 0.234. The molecule has 26 heavy (non-hydrogen) atoms. The molecule has 0 spiro atoms. The van der Waals surface area contributed by atoms with Gasteiger partial charge in [-0.05, 0) is 28.8 Å². The number of rotatable bonds is 2. The minimum atomic E-state index is -4.88. The zero-order valence-corrected chi connectivity index (χ0v) is 14.0. The number of aryl methyl sites for hydroxylation is 1. The number of fused-ring (bicyclic) bond motifs is 3. The lowest BCUT2D eigenvalue weighted by Gasteiger charge is -2.28. The molecule has 1 atom stereocenters. The van der Waals surface area contributed by atoms with Gasteiger partial charge in [-0.1, -0.05) is 24.3 Å². The fraction of sp³-hybridized carbons (Fsp3) is 0.211. The summed E-state index contributed by atoms with van der Waals surface area (Å²) >= 11 is 0. The maximum absolute atomic E-state index is 14.0. The lowest BCUT2D eigenvalue weighted by molar-refractivity contribution is -0.246. The molecule has 7 heteroatoms. The van der Waals surface area contributed by atoms with Crippen LogP contribution in [0.2, 0.25) is 0 Å². The van der Waals surface area contributed by atoms with Crippen molar-refractivity contribution >= 4 is 0 Å². The van der Waals surface area contributed by atoms with Crippen molar-refractivity contribution in [3.05, 3.63) is 59.9 Å². The quantitative estimate of drug-likeness (QED) is 0.755. The van der Waals surface area contributed by atoms with Crippen LogP contribution < -0.4 is 4.74 Å². The molecule has 134 valence electrons. The monoisotopic (exact) mass is 360 g/mol. The number of methoxy groups -OCH3 is 1. The smallest absolute Gasteiger partial charge is 0.425 e. The number of aliphatic hydroxyl groups is 1. The van der Waals surface area contributed by atoms with Crippen molar-refractivity contribution in [1.82, 2.24) is 9.78 Å². The third-order valence-electron chi connectivity index (χ3n) is 4.75. The topological polar surface area (TPSA) is 47.3 Å². The Morgan fingerprint density at radius 3 is 2.46 bits per heavy atom. The second-order valence-corrected chi connectivity index (χ2v) is 6.25. The van der Waals surface area contributed by atoms with Gasteiger partial charge >= 0.3 is 6.18 Å². The van der Waals surface area contributed by atoms with Gasteiger partial charge in [0.15, 0.2) is 0 Å². The summed E-state index contributed by atoms with van der Waals surface area (Å²) in [5.41, 5.74) is -1.64. The van der Waals surface area contributed by atoms with E-state index in [2.05, 4.69) is 5.10 Å². The number of ether oxygens (including phenoxy) is 1. The Kier molecular flexibility index (Phi) is 3.43.